The Morgan fingerprint density at radius 2 is 2.14 bits per heavy atom. The summed E-state index contributed by atoms with van der Waals surface area (Å²) in [7, 11) is 0. The number of rotatable bonds is 7. The fraction of sp³-hybridized carbons (Fsp3) is 0.400. The fourth-order valence-electron chi connectivity index (χ4n) is 2.30. The number of furan rings is 1. The summed E-state index contributed by atoms with van der Waals surface area (Å²) in [5, 5.41) is 7.16. The predicted molar refractivity (Wildman–Crippen MR) is 88.7 cm³/mol. The number of carbonyl (C=O) groups is 1. The van der Waals surface area contributed by atoms with Gasteiger partial charge in [0.2, 0.25) is 0 Å². The predicted octanol–water partition coefficient (Wildman–Crippen LogP) is 3.92. The van der Waals surface area contributed by atoms with Crippen molar-refractivity contribution in [3.63, 3.8) is 0 Å². The van der Waals surface area contributed by atoms with Crippen LogP contribution in [0.5, 0.6) is 0 Å². The maximum absolute atomic E-state index is 12.1. The topological polar surface area (TPSA) is 45.5 Å². The van der Waals surface area contributed by atoms with Gasteiger partial charge in [-0.3, -0.25) is 9.69 Å². The summed E-state index contributed by atoms with van der Waals surface area (Å²) in [5.74, 6) is 0.138. The molecule has 114 valence electrons. The Morgan fingerprint density at radius 1 is 1.38 bits per heavy atom. The molecule has 6 heteroatoms. The second-order valence-corrected chi connectivity index (χ2v) is 6.17. The maximum Gasteiger partial charge on any atom is 0.287 e. The third-order valence-corrected chi connectivity index (χ3v) is 4.56. The summed E-state index contributed by atoms with van der Waals surface area (Å²) in [6.07, 6.45) is 0. The molecule has 2 aromatic rings. The van der Waals surface area contributed by atoms with Crippen molar-refractivity contribution in [1.82, 2.24) is 10.2 Å². The lowest BCUT2D eigenvalue weighted by molar-refractivity contribution is 0.0906. The van der Waals surface area contributed by atoms with Gasteiger partial charge in [-0.05, 0) is 63.5 Å². The number of thiophene rings is 1. The average Bonchev–Trinajstić information content (AvgIpc) is 3.14. The Balaban J connectivity index is 2.04. The lowest BCUT2D eigenvalue weighted by Crippen LogP contribution is -2.37. The first-order valence-electron chi connectivity index (χ1n) is 6.95. The van der Waals surface area contributed by atoms with Crippen LogP contribution in [0.3, 0.4) is 0 Å². The first kappa shape index (κ1) is 16.3. The van der Waals surface area contributed by atoms with Gasteiger partial charge >= 0.3 is 0 Å². The van der Waals surface area contributed by atoms with E-state index >= 15 is 0 Å². The molecule has 1 unspecified atom stereocenters. The SMILES string of the molecule is CCN(CC)C(CNC(=O)c1ccc(Br)o1)c1ccsc1. The third kappa shape index (κ3) is 4.18. The van der Waals surface area contributed by atoms with Gasteiger partial charge in [0, 0.05) is 6.54 Å². The van der Waals surface area contributed by atoms with Crippen molar-refractivity contribution in [3.8, 4) is 0 Å². The number of nitrogens with zero attached hydrogens (tertiary/aromatic N) is 1. The lowest BCUT2D eigenvalue weighted by atomic mass is 10.1. The highest BCUT2D eigenvalue weighted by molar-refractivity contribution is 9.10. The summed E-state index contributed by atoms with van der Waals surface area (Å²) >= 11 is 4.88. The Bertz CT molecular complexity index is 564. The van der Waals surface area contributed by atoms with E-state index in [9.17, 15) is 4.79 Å². The van der Waals surface area contributed by atoms with Gasteiger partial charge in [-0.2, -0.15) is 11.3 Å². The van der Waals surface area contributed by atoms with Crippen LogP contribution in [0, 0.1) is 0 Å². The maximum atomic E-state index is 12.1. The number of likely N-dealkylation sites (N-methyl/N-ethyl adjacent to an activating group) is 1. The van der Waals surface area contributed by atoms with E-state index in [1.807, 2.05) is 0 Å². The second kappa shape index (κ2) is 7.77. The summed E-state index contributed by atoms with van der Waals surface area (Å²) in [6.45, 7) is 6.72. The standard InChI is InChI=1S/C15H19BrN2O2S/c1-3-18(4-2)12(11-7-8-21-10-11)9-17-15(19)13-5-6-14(16)20-13/h5-8,10,12H,3-4,9H2,1-2H3,(H,17,19). The number of hydrogen-bond donors (Lipinski definition) is 1. The fourth-order valence-corrected chi connectivity index (χ4v) is 3.31. The van der Waals surface area contributed by atoms with Gasteiger partial charge in [-0.1, -0.05) is 13.8 Å². The van der Waals surface area contributed by atoms with Crippen LogP contribution in [0.25, 0.3) is 0 Å². The first-order valence-corrected chi connectivity index (χ1v) is 8.69. The number of nitrogens with one attached hydrogen (secondary N) is 1. The van der Waals surface area contributed by atoms with Gasteiger partial charge < -0.3 is 9.73 Å². The molecule has 1 amide bonds. The molecule has 0 aliphatic heterocycles. The van der Waals surface area contributed by atoms with Crippen LogP contribution >= 0.6 is 27.3 Å². The van der Waals surface area contributed by atoms with Crippen molar-refractivity contribution >= 4 is 33.2 Å². The van der Waals surface area contributed by atoms with Crippen molar-refractivity contribution in [2.45, 2.75) is 19.9 Å². The highest BCUT2D eigenvalue weighted by atomic mass is 79.9. The minimum absolute atomic E-state index is 0.187. The number of carbonyl (C=O) groups excluding carboxylic acids is 1. The first-order chi connectivity index (χ1) is 10.2. The van der Waals surface area contributed by atoms with Gasteiger partial charge in [0.1, 0.15) is 0 Å². The molecule has 0 spiro atoms. The largest absolute Gasteiger partial charge is 0.444 e. The van der Waals surface area contributed by atoms with Crippen LogP contribution in [0.15, 0.2) is 38.0 Å². The van der Waals surface area contributed by atoms with Crippen molar-refractivity contribution < 1.29 is 9.21 Å². The van der Waals surface area contributed by atoms with E-state index in [4.69, 9.17) is 4.42 Å². The third-order valence-electron chi connectivity index (χ3n) is 3.43. The van der Waals surface area contributed by atoms with Gasteiger partial charge in [0.25, 0.3) is 5.91 Å². The Morgan fingerprint density at radius 3 is 2.67 bits per heavy atom. The van der Waals surface area contributed by atoms with Crippen LogP contribution in [0.1, 0.15) is 36.0 Å². The summed E-state index contributed by atoms with van der Waals surface area (Å²) < 4.78 is 5.84. The zero-order valence-electron chi connectivity index (χ0n) is 12.1. The van der Waals surface area contributed by atoms with Gasteiger partial charge in [-0.25, -0.2) is 0 Å². The summed E-state index contributed by atoms with van der Waals surface area (Å²) in [5.41, 5.74) is 1.24. The molecule has 0 aliphatic carbocycles. The molecule has 2 aromatic heterocycles. The van der Waals surface area contributed by atoms with Crippen LogP contribution in [0.2, 0.25) is 0 Å². The molecule has 2 rings (SSSR count). The van der Waals surface area contributed by atoms with E-state index in [1.54, 1.807) is 23.5 Å². The van der Waals surface area contributed by atoms with Crippen LogP contribution in [-0.4, -0.2) is 30.4 Å². The van der Waals surface area contributed by atoms with Gasteiger partial charge in [0.15, 0.2) is 10.4 Å². The Kier molecular flexibility index (Phi) is 6.02. The van der Waals surface area contributed by atoms with Crippen molar-refractivity contribution in [3.05, 3.63) is 45.0 Å². The van der Waals surface area contributed by atoms with Crippen LogP contribution in [-0.2, 0) is 0 Å². The van der Waals surface area contributed by atoms with E-state index in [2.05, 4.69) is 56.8 Å². The smallest absolute Gasteiger partial charge is 0.287 e. The van der Waals surface area contributed by atoms with E-state index in [0.717, 1.165) is 13.1 Å². The van der Waals surface area contributed by atoms with Crippen LogP contribution in [0.4, 0.5) is 0 Å². The molecule has 0 fully saturated rings. The Hall–Kier alpha value is -1.11. The molecule has 0 saturated heterocycles. The quantitative estimate of drug-likeness (QED) is 0.803. The van der Waals surface area contributed by atoms with Gasteiger partial charge in [-0.15, -0.1) is 0 Å². The summed E-state index contributed by atoms with van der Waals surface area (Å²) in [6, 6.07) is 5.68. The molecule has 0 aliphatic rings. The van der Waals surface area contributed by atoms with Crippen molar-refractivity contribution in [2.24, 2.45) is 0 Å². The molecular weight excluding hydrogens is 352 g/mol. The molecule has 2 heterocycles. The van der Waals surface area contributed by atoms with E-state index in [1.165, 1.54) is 5.56 Å². The molecule has 21 heavy (non-hydrogen) atoms. The van der Waals surface area contributed by atoms with E-state index in [0.29, 0.717) is 17.0 Å². The van der Waals surface area contributed by atoms with E-state index in [-0.39, 0.29) is 11.9 Å². The van der Waals surface area contributed by atoms with Crippen molar-refractivity contribution in [2.75, 3.05) is 19.6 Å². The average molecular weight is 371 g/mol. The summed E-state index contributed by atoms with van der Waals surface area (Å²) in [4.78, 5) is 14.4. The monoisotopic (exact) mass is 370 g/mol. The zero-order chi connectivity index (χ0) is 15.2. The lowest BCUT2D eigenvalue weighted by Gasteiger charge is -2.29. The molecule has 0 radical (unpaired) electrons. The minimum Gasteiger partial charge on any atom is -0.444 e. The molecule has 4 nitrogen and oxygen atoms in total. The highest BCUT2D eigenvalue weighted by Gasteiger charge is 2.20. The highest BCUT2D eigenvalue weighted by Crippen LogP contribution is 2.22. The van der Waals surface area contributed by atoms with Crippen LogP contribution < -0.4 is 5.32 Å². The molecule has 1 atom stereocenters. The Labute approximate surface area is 137 Å². The zero-order valence-corrected chi connectivity index (χ0v) is 14.5. The number of amides is 1. The minimum atomic E-state index is -0.187. The molecule has 0 saturated carbocycles. The second-order valence-electron chi connectivity index (χ2n) is 4.61. The molecule has 0 bridgehead atoms. The van der Waals surface area contributed by atoms with Crippen molar-refractivity contribution in [1.29, 1.82) is 0 Å². The normalized spacial score (nSPS) is 12.6. The van der Waals surface area contributed by atoms with E-state index < -0.39 is 0 Å². The number of halogens is 1. The number of hydrogen-bond acceptors (Lipinski definition) is 4. The molecular formula is C15H19BrN2O2S. The molecule has 1 N–H and O–H groups in total. The van der Waals surface area contributed by atoms with Gasteiger partial charge in [0.05, 0.1) is 6.04 Å². The molecule has 0 aromatic carbocycles.